The Hall–Kier alpha value is -1.65. The van der Waals surface area contributed by atoms with Gasteiger partial charge in [0.25, 0.3) is 0 Å². The lowest BCUT2D eigenvalue weighted by atomic mass is 9.80. The molecule has 1 fully saturated rings. The van der Waals surface area contributed by atoms with Gasteiger partial charge in [0, 0.05) is 12.1 Å². The van der Waals surface area contributed by atoms with Gasteiger partial charge in [0.2, 0.25) is 17.7 Å². The van der Waals surface area contributed by atoms with Gasteiger partial charge in [-0.3, -0.25) is 19.3 Å². The van der Waals surface area contributed by atoms with E-state index in [1.54, 1.807) is 34.6 Å². The van der Waals surface area contributed by atoms with E-state index in [9.17, 15) is 14.4 Å². The Bertz CT molecular complexity index is 432. The van der Waals surface area contributed by atoms with Crippen molar-refractivity contribution in [1.82, 2.24) is 10.2 Å². The number of imide groups is 1. The van der Waals surface area contributed by atoms with Crippen LogP contribution in [0.25, 0.3) is 0 Å². The highest BCUT2D eigenvalue weighted by molar-refractivity contribution is 6.16. The molecule has 1 atom stereocenters. The van der Waals surface area contributed by atoms with Gasteiger partial charge < -0.3 is 5.32 Å². The molecule has 5 heteroatoms. The zero-order valence-electron chi connectivity index (χ0n) is 12.2. The van der Waals surface area contributed by atoms with Crippen molar-refractivity contribution < 1.29 is 14.4 Å². The Morgan fingerprint density at radius 2 is 1.95 bits per heavy atom. The lowest BCUT2D eigenvalue weighted by Gasteiger charge is -2.30. The van der Waals surface area contributed by atoms with Gasteiger partial charge >= 0.3 is 0 Å². The normalized spacial score (nSPS) is 22.6. The quantitative estimate of drug-likeness (QED) is 0.472. The van der Waals surface area contributed by atoms with Crippen LogP contribution in [-0.2, 0) is 14.4 Å². The third-order valence-corrected chi connectivity index (χ3v) is 3.30. The summed E-state index contributed by atoms with van der Waals surface area (Å²) in [6.45, 7) is 12.4. The number of carbonyl (C=O) groups is 3. The fraction of sp³-hybridized carbons (Fsp3) is 0.643. The van der Waals surface area contributed by atoms with Crippen LogP contribution >= 0.6 is 0 Å². The van der Waals surface area contributed by atoms with Crippen LogP contribution in [0, 0.1) is 11.3 Å². The van der Waals surface area contributed by atoms with E-state index < -0.39 is 28.7 Å². The van der Waals surface area contributed by atoms with Gasteiger partial charge in [-0.2, -0.15) is 0 Å². The topological polar surface area (TPSA) is 66.5 Å². The van der Waals surface area contributed by atoms with Crippen molar-refractivity contribution >= 4 is 17.7 Å². The van der Waals surface area contributed by atoms with Gasteiger partial charge in [0.05, 0.1) is 5.41 Å². The molecule has 1 aliphatic heterocycles. The Morgan fingerprint density at radius 1 is 1.42 bits per heavy atom. The van der Waals surface area contributed by atoms with Crippen LogP contribution in [0.4, 0.5) is 0 Å². The van der Waals surface area contributed by atoms with Crippen molar-refractivity contribution in [3.63, 3.8) is 0 Å². The first-order chi connectivity index (χ1) is 8.55. The number of hydrogen-bond donors (Lipinski definition) is 1. The number of nitrogens with one attached hydrogen (secondary N) is 1. The smallest absolute Gasteiger partial charge is 0.243 e. The van der Waals surface area contributed by atoms with E-state index in [1.807, 2.05) is 0 Å². The van der Waals surface area contributed by atoms with Gasteiger partial charge in [-0.1, -0.05) is 6.08 Å². The van der Waals surface area contributed by atoms with Crippen LogP contribution in [0.5, 0.6) is 0 Å². The summed E-state index contributed by atoms with van der Waals surface area (Å²) in [5.41, 5.74) is -1.64. The van der Waals surface area contributed by atoms with E-state index in [-0.39, 0.29) is 12.5 Å². The minimum absolute atomic E-state index is 0.280. The van der Waals surface area contributed by atoms with Crippen LogP contribution in [0.2, 0.25) is 0 Å². The van der Waals surface area contributed by atoms with Crippen molar-refractivity contribution in [2.24, 2.45) is 11.3 Å². The molecule has 1 saturated heterocycles. The fourth-order valence-electron chi connectivity index (χ4n) is 2.30. The molecule has 1 unspecified atom stereocenters. The molecule has 1 rings (SSSR count). The van der Waals surface area contributed by atoms with E-state index >= 15 is 0 Å². The third kappa shape index (κ3) is 2.55. The van der Waals surface area contributed by atoms with E-state index in [1.165, 1.54) is 11.0 Å². The lowest BCUT2D eigenvalue weighted by molar-refractivity contribution is -0.146. The van der Waals surface area contributed by atoms with Crippen molar-refractivity contribution in [2.45, 2.75) is 40.2 Å². The molecule has 5 nitrogen and oxygen atoms in total. The third-order valence-electron chi connectivity index (χ3n) is 3.30. The van der Waals surface area contributed by atoms with Gasteiger partial charge in [-0.15, -0.1) is 6.58 Å². The maximum absolute atomic E-state index is 12.4. The lowest BCUT2D eigenvalue weighted by Crippen LogP contribution is -2.47. The van der Waals surface area contributed by atoms with Crippen molar-refractivity contribution in [2.75, 3.05) is 6.54 Å². The molecule has 1 aliphatic rings. The maximum atomic E-state index is 12.4. The molecule has 106 valence electrons. The van der Waals surface area contributed by atoms with Gasteiger partial charge in [0.1, 0.15) is 5.92 Å². The second kappa shape index (κ2) is 4.79. The number of rotatable bonds is 3. The zero-order valence-corrected chi connectivity index (χ0v) is 12.2. The molecular formula is C14H22N2O3. The van der Waals surface area contributed by atoms with E-state index in [0.29, 0.717) is 0 Å². The number of hydrogen-bond acceptors (Lipinski definition) is 3. The molecule has 1 N–H and O–H groups in total. The van der Waals surface area contributed by atoms with Crippen molar-refractivity contribution in [3.05, 3.63) is 12.7 Å². The monoisotopic (exact) mass is 266 g/mol. The molecule has 3 amide bonds. The molecule has 0 aliphatic carbocycles. The van der Waals surface area contributed by atoms with Gasteiger partial charge in [-0.25, -0.2) is 0 Å². The van der Waals surface area contributed by atoms with Crippen LogP contribution in [-0.4, -0.2) is 34.7 Å². The molecule has 0 radical (unpaired) electrons. The van der Waals surface area contributed by atoms with Gasteiger partial charge in [-0.05, 0) is 34.6 Å². The fourth-order valence-corrected chi connectivity index (χ4v) is 2.30. The summed E-state index contributed by atoms with van der Waals surface area (Å²) in [5.74, 6) is -2.12. The van der Waals surface area contributed by atoms with Crippen molar-refractivity contribution in [3.8, 4) is 0 Å². The molecule has 0 spiro atoms. The number of nitrogens with zero attached hydrogens (tertiary/aromatic N) is 1. The Labute approximate surface area is 114 Å². The Balaban J connectivity index is 3.13. The van der Waals surface area contributed by atoms with Crippen LogP contribution in [0.15, 0.2) is 12.7 Å². The minimum atomic E-state index is -1.02. The summed E-state index contributed by atoms with van der Waals surface area (Å²) in [4.78, 5) is 38.1. The predicted octanol–water partition coefficient (Wildman–Crippen LogP) is 1.10. The van der Waals surface area contributed by atoms with Crippen molar-refractivity contribution in [1.29, 1.82) is 0 Å². The molecule has 1 heterocycles. The van der Waals surface area contributed by atoms with Crippen LogP contribution in [0.3, 0.4) is 0 Å². The van der Waals surface area contributed by atoms with Gasteiger partial charge in [0.15, 0.2) is 0 Å². The zero-order chi connectivity index (χ0) is 15.0. The van der Waals surface area contributed by atoms with E-state index in [4.69, 9.17) is 0 Å². The highest BCUT2D eigenvalue weighted by Crippen LogP contribution is 2.40. The first-order valence-corrected chi connectivity index (χ1v) is 6.32. The summed E-state index contributed by atoms with van der Waals surface area (Å²) in [5, 5.41) is 2.60. The van der Waals surface area contributed by atoms with Crippen LogP contribution < -0.4 is 5.32 Å². The summed E-state index contributed by atoms with van der Waals surface area (Å²) in [7, 11) is 0. The summed E-state index contributed by atoms with van der Waals surface area (Å²) in [6, 6.07) is 0. The number of carbonyl (C=O) groups excluding carboxylic acids is 3. The second-order valence-corrected chi connectivity index (χ2v) is 6.34. The SMILES string of the molecule is C=CCNC(=O)C1C(=O)N(C(C)(C)C)C(=O)C1(C)C. The highest BCUT2D eigenvalue weighted by Gasteiger charge is 2.59. The number of amides is 3. The Kier molecular flexibility index (Phi) is 3.89. The average Bonchev–Trinajstić information content (AvgIpc) is 2.41. The second-order valence-electron chi connectivity index (χ2n) is 6.34. The van der Waals surface area contributed by atoms with Crippen LogP contribution in [0.1, 0.15) is 34.6 Å². The molecule has 19 heavy (non-hydrogen) atoms. The average molecular weight is 266 g/mol. The predicted molar refractivity (Wildman–Crippen MR) is 72.1 cm³/mol. The molecule has 0 bridgehead atoms. The Morgan fingerprint density at radius 3 is 2.32 bits per heavy atom. The first-order valence-electron chi connectivity index (χ1n) is 6.32. The van der Waals surface area contributed by atoms with E-state index in [2.05, 4.69) is 11.9 Å². The summed E-state index contributed by atoms with van der Waals surface area (Å²) < 4.78 is 0. The van der Waals surface area contributed by atoms with E-state index in [0.717, 1.165) is 0 Å². The largest absolute Gasteiger partial charge is 0.352 e. The first kappa shape index (κ1) is 15.4. The molecule has 0 aromatic heterocycles. The molecule has 0 aromatic rings. The molecule has 0 saturated carbocycles. The standard InChI is InChI=1S/C14H22N2O3/c1-7-8-15-10(17)9-11(18)16(13(2,3)4)12(19)14(9,5)6/h7,9H,1,8H2,2-6H3,(H,15,17). The maximum Gasteiger partial charge on any atom is 0.243 e. The summed E-state index contributed by atoms with van der Waals surface area (Å²) in [6.07, 6.45) is 1.54. The number of likely N-dealkylation sites (tertiary alicyclic amines) is 1. The molecular weight excluding hydrogens is 244 g/mol. The molecule has 0 aromatic carbocycles. The summed E-state index contributed by atoms with van der Waals surface area (Å²) >= 11 is 0. The highest BCUT2D eigenvalue weighted by atomic mass is 16.2. The minimum Gasteiger partial charge on any atom is -0.352 e.